The first-order valence-electron chi connectivity index (χ1n) is 9.91. The van der Waals surface area contributed by atoms with E-state index in [0.29, 0.717) is 18.0 Å². The van der Waals surface area contributed by atoms with Crippen LogP contribution in [0.15, 0.2) is 41.8 Å². The molecule has 0 aliphatic carbocycles. The van der Waals surface area contributed by atoms with Crippen molar-refractivity contribution >= 4 is 28.8 Å². The van der Waals surface area contributed by atoms with Crippen LogP contribution < -0.4 is 19.9 Å². The van der Waals surface area contributed by atoms with Crippen LogP contribution in [0.4, 0.5) is 5.69 Å². The average Bonchev–Trinajstić information content (AvgIpc) is 3.22. The molecule has 1 fully saturated rings. The van der Waals surface area contributed by atoms with Gasteiger partial charge in [-0.3, -0.25) is 9.59 Å². The number of nitrogens with zero attached hydrogens (tertiary/aromatic N) is 1. The second-order valence-corrected chi connectivity index (χ2v) is 8.50. The number of amides is 2. The maximum atomic E-state index is 12.5. The lowest BCUT2D eigenvalue weighted by molar-refractivity contribution is -1.02. The van der Waals surface area contributed by atoms with Crippen LogP contribution in [0.2, 0.25) is 0 Å². The molecule has 1 aromatic carbocycles. The molecule has 8 heteroatoms. The first-order valence-corrected chi connectivity index (χ1v) is 10.8. The van der Waals surface area contributed by atoms with E-state index in [1.54, 1.807) is 42.5 Å². The van der Waals surface area contributed by atoms with Crippen molar-refractivity contribution in [3.05, 3.63) is 46.7 Å². The Labute approximate surface area is 175 Å². The molecule has 0 bridgehead atoms. The van der Waals surface area contributed by atoms with Gasteiger partial charge in [0.2, 0.25) is 5.91 Å². The largest absolute Gasteiger partial charge is 0.497 e. The van der Waals surface area contributed by atoms with Crippen LogP contribution in [-0.2, 0) is 16.1 Å². The summed E-state index contributed by atoms with van der Waals surface area (Å²) in [5, 5.41) is 4.93. The number of hydrogen-bond acceptors (Lipinski definition) is 4. The van der Waals surface area contributed by atoms with Crippen LogP contribution in [0.1, 0.15) is 4.88 Å². The molecule has 2 amide bonds. The number of methoxy groups -OCH3 is 1. The van der Waals surface area contributed by atoms with Crippen LogP contribution in [-0.4, -0.2) is 70.1 Å². The van der Waals surface area contributed by atoms with Gasteiger partial charge in [-0.05, 0) is 23.6 Å². The highest BCUT2D eigenvalue weighted by molar-refractivity contribution is 7.09. The summed E-state index contributed by atoms with van der Waals surface area (Å²) in [6.07, 6.45) is 0. The predicted octanol–water partition coefficient (Wildman–Crippen LogP) is -0.863. The lowest BCUT2D eigenvalue weighted by Gasteiger charge is -2.30. The molecule has 3 N–H and O–H groups in total. The molecule has 2 aromatic rings. The molecule has 0 spiro atoms. The fraction of sp³-hybridized carbons (Fsp3) is 0.429. The highest BCUT2D eigenvalue weighted by Gasteiger charge is 2.26. The maximum Gasteiger partial charge on any atom is 0.277 e. The van der Waals surface area contributed by atoms with Crippen molar-refractivity contribution in [2.24, 2.45) is 0 Å². The van der Waals surface area contributed by atoms with Gasteiger partial charge in [-0.15, -0.1) is 11.3 Å². The minimum Gasteiger partial charge on any atom is -0.497 e. The van der Waals surface area contributed by atoms with Crippen molar-refractivity contribution in [3.8, 4) is 5.75 Å². The number of thiophene rings is 1. The molecule has 1 aromatic heterocycles. The molecule has 7 nitrogen and oxygen atoms in total. The van der Waals surface area contributed by atoms with E-state index < -0.39 is 0 Å². The summed E-state index contributed by atoms with van der Waals surface area (Å²) in [5.74, 6) is 0.466. The Morgan fingerprint density at radius 1 is 1.14 bits per heavy atom. The second kappa shape index (κ2) is 10.4. The van der Waals surface area contributed by atoms with Gasteiger partial charge in [-0.2, -0.15) is 0 Å². The number of rotatable bonds is 8. The Bertz CT molecular complexity index is 804. The number of ether oxygens (including phenoxy) is 1. The van der Waals surface area contributed by atoms with Gasteiger partial charge in [0.05, 0.1) is 18.5 Å². The molecule has 3 rings (SSSR count). The standard InChI is InChI=1S/C21H28N4O3S/c1-23(15-20(26)22-17-5-3-6-18(13-17)28-2)21(27)16-25-10-8-24(9-11-25)14-19-7-4-12-29-19/h3-7,12-13H,8-11,14-16H2,1-2H3,(H,22,26)/p+2. The van der Waals surface area contributed by atoms with Gasteiger partial charge < -0.3 is 24.8 Å². The molecule has 0 unspecified atom stereocenters. The van der Waals surface area contributed by atoms with Crippen LogP contribution in [0.5, 0.6) is 5.75 Å². The molecule has 0 saturated carbocycles. The zero-order chi connectivity index (χ0) is 20.6. The number of carbonyl (C=O) groups is 2. The minimum atomic E-state index is -0.214. The van der Waals surface area contributed by atoms with E-state index in [9.17, 15) is 9.59 Å². The van der Waals surface area contributed by atoms with E-state index in [1.807, 2.05) is 12.1 Å². The average molecular weight is 419 g/mol. The van der Waals surface area contributed by atoms with Crippen molar-refractivity contribution in [1.82, 2.24) is 4.90 Å². The van der Waals surface area contributed by atoms with E-state index in [0.717, 1.165) is 32.7 Å². The van der Waals surface area contributed by atoms with Gasteiger partial charge in [0.1, 0.15) is 38.5 Å². The number of likely N-dealkylation sites (N-methyl/N-ethyl adjacent to an activating group) is 1. The molecular formula is C21H30N4O3S+2. The minimum absolute atomic E-state index is 0.00231. The van der Waals surface area contributed by atoms with Crippen molar-refractivity contribution in [3.63, 3.8) is 0 Å². The number of anilines is 1. The molecule has 2 heterocycles. The zero-order valence-electron chi connectivity index (χ0n) is 17.1. The van der Waals surface area contributed by atoms with Crippen LogP contribution in [0.3, 0.4) is 0 Å². The third-order valence-corrected chi connectivity index (χ3v) is 6.11. The molecule has 1 aliphatic rings. The molecule has 0 atom stereocenters. The summed E-state index contributed by atoms with van der Waals surface area (Å²) >= 11 is 1.81. The Balaban J connectivity index is 1.39. The number of benzene rings is 1. The molecule has 1 aliphatic heterocycles. The third kappa shape index (κ3) is 6.56. The van der Waals surface area contributed by atoms with Crippen molar-refractivity contribution in [2.45, 2.75) is 6.54 Å². The van der Waals surface area contributed by atoms with Crippen LogP contribution in [0.25, 0.3) is 0 Å². The summed E-state index contributed by atoms with van der Waals surface area (Å²) in [6.45, 7) is 5.66. The van der Waals surface area contributed by atoms with Crippen LogP contribution in [0, 0.1) is 0 Å². The van der Waals surface area contributed by atoms with Gasteiger partial charge in [-0.25, -0.2) is 0 Å². The normalized spacial score (nSPS) is 18.8. The topological polar surface area (TPSA) is 67.5 Å². The molecule has 156 valence electrons. The summed E-state index contributed by atoms with van der Waals surface area (Å²) < 4.78 is 5.16. The van der Waals surface area contributed by atoms with Gasteiger partial charge in [0.25, 0.3) is 5.91 Å². The number of quaternary nitrogens is 2. The number of piperazine rings is 1. The lowest BCUT2D eigenvalue weighted by atomic mass is 10.3. The monoisotopic (exact) mass is 418 g/mol. The predicted molar refractivity (Wildman–Crippen MR) is 114 cm³/mol. The quantitative estimate of drug-likeness (QED) is 0.523. The second-order valence-electron chi connectivity index (χ2n) is 7.46. The highest BCUT2D eigenvalue weighted by Crippen LogP contribution is 2.16. The fourth-order valence-corrected chi connectivity index (χ4v) is 4.30. The highest BCUT2D eigenvalue weighted by atomic mass is 32.1. The maximum absolute atomic E-state index is 12.5. The third-order valence-electron chi connectivity index (χ3n) is 5.23. The van der Waals surface area contributed by atoms with Crippen molar-refractivity contribution < 1.29 is 24.1 Å². The van der Waals surface area contributed by atoms with E-state index >= 15 is 0 Å². The Hall–Kier alpha value is -2.42. The Morgan fingerprint density at radius 3 is 2.59 bits per heavy atom. The number of hydrogen-bond donors (Lipinski definition) is 3. The van der Waals surface area contributed by atoms with Crippen LogP contribution >= 0.6 is 11.3 Å². The SMILES string of the molecule is COc1cccc(NC(=O)CN(C)C(=O)C[NH+]2CC[NH+](Cc3cccs3)CC2)c1. The van der Waals surface area contributed by atoms with E-state index in [-0.39, 0.29) is 18.4 Å². The molecular weight excluding hydrogens is 388 g/mol. The zero-order valence-corrected chi connectivity index (χ0v) is 17.9. The number of nitrogens with one attached hydrogen (secondary N) is 3. The number of carbonyl (C=O) groups excluding carboxylic acids is 2. The molecule has 29 heavy (non-hydrogen) atoms. The Morgan fingerprint density at radius 2 is 1.90 bits per heavy atom. The Kier molecular flexibility index (Phi) is 7.62. The molecule has 0 radical (unpaired) electrons. The first-order chi connectivity index (χ1) is 14.0. The van der Waals surface area contributed by atoms with Gasteiger partial charge in [-0.1, -0.05) is 12.1 Å². The van der Waals surface area contributed by atoms with Gasteiger partial charge in [0, 0.05) is 18.8 Å². The smallest absolute Gasteiger partial charge is 0.277 e. The lowest BCUT2D eigenvalue weighted by Crippen LogP contribution is -3.28. The van der Waals surface area contributed by atoms with Crippen molar-refractivity contribution in [1.29, 1.82) is 0 Å². The summed E-state index contributed by atoms with van der Waals surface area (Å²) in [5.41, 5.74) is 0.658. The molecule has 1 saturated heterocycles. The van der Waals surface area contributed by atoms with E-state index in [4.69, 9.17) is 4.74 Å². The van der Waals surface area contributed by atoms with E-state index in [1.165, 1.54) is 14.7 Å². The van der Waals surface area contributed by atoms with Gasteiger partial charge >= 0.3 is 0 Å². The summed E-state index contributed by atoms with van der Waals surface area (Å²) in [4.78, 5) is 30.6. The van der Waals surface area contributed by atoms with E-state index in [2.05, 4.69) is 22.8 Å². The summed E-state index contributed by atoms with van der Waals surface area (Å²) in [7, 11) is 3.27. The first kappa shape index (κ1) is 21.3. The fourth-order valence-electron chi connectivity index (χ4n) is 3.52. The van der Waals surface area contributed by atoms with Gasteiger partial charge in [0.15, 0.2) is 6.54 Å². The van der Waals surface area contributed by atoms with Crippen molar-refractivity contribution in [2.75, 3.05) is 58.7 Å². The summed E-state index contributed by atoms with van der Waals surface area (Å²) in [6, 6.07) is 11.5.